The lowest BCUT2D eigenvalue weighted by Crippen LogP contribution is -2.27. The molecule has 11 heteroatoms. The summed E-state index contributed by atoms with van der Waals surface area (Å²) in [6.45, 7) is 4.94. The standard InChI is InChI=1S/C26H23Cl2FN6O2/c1-2-21(36)34-10-8-18(14-34)35-25-22(24(30)31-26(28)32-25)23(33-35)16-6-7-20(19(27)13-16)37-11-9-15-4-3-5-17(29)12-15/h2-7,12-13,18H,1,8-11,14H2,(H2,30,31,32)/t18-/m0/s1. The van der Waals surface area contributed by atoms with E-state index in [0.717, 1.165) is 5.56 Å². The van der Waals surface area contributed by atoms with Crippen molar-refractivity contribution >= 4 is 46.0 Å². The molecule has 1 aliphatic heterocycles. The number of anilines is 1. The summed E-state index contributed by atoms with van der Waals surface area (Å²) in [7, 11) is 0. The Morgan fingerprint density at radius 3 is 2.84 bits per heavy atom. The molecule has 0 aliphatic carbocycles. The number of amides is 1. The van der Waals surface area contributed by atoms with E-state index in [2.05, 4.69) is 16.5 Å². The van der Waals surface area contributed by atoms with Crippen LogP contribution in [0.25, 0.3) is 22.3 Å². The molecule has 5 rings (SSSR count). The van der Waals surface area contributed by atoms with Crippen molar-refractivity contribution in [3.05, 3.63) is 76.8 Å². The van der Waals surface area contributed by atoms with E-state index in [1.807, 2.05) is 12.1 Å². The van der Waals surface area contributed by atoms with Crippen LogP contribution in [0.5, 0.6) is 5.75 Å². The molecule has 1 aliphatic rings. The lowest BCUT2D eigenvalue weighted by Gasteiger charge is -2.14. The number of hydrogen-bond donors (Lipinski definition) is 1. The minimum atomic E-state index is -0.284. The summed E-state index contributed by atoms with van der Waals surface area (Å²) in [6, 6.07) is 11.6. The van der Waals surface area contributed by atoms with Gasteiger partial charge >= 0.3 is 0 Å². The Labute approximate surface area is 222 Å². The minimum absolute atomic E-state index is 0.00907. The number of fused-ring (bicyclic) bond motifs is 1. The average molecular weight is 541 g/mol. The van der Waals surface area contributed by atoms with Gasteiger partial charge in [-0.05, 0) is 60.0 Å². The molecule has 0 saturated carbocycles. The fourth-order valence-electron chi connectivity index (χ4n) is 4.50. The third-order valence-electron chi connectivity index (χ3n) is 6.29. The molecule has 0 bridgehead atoms. The molecule has 1 atom stereocenters. The van der Waals surface area contributed by atoms with Crippen LogP contribution in [0.1, 0.15) is 18.0 Å². The molecule has 1 saturated heterocycles. The van der Waals surface area contributed by atoms with E-state index in [1.54, 1.807) is 27.8 Å². The summed E-state index contributed by atoms with van der Waals surface area (Å²) in [5, 5.41) is 5.77. The van der Waals surface area contributed by atoms with Crippen LogP contribution >= 0.6 is 23.2 Å². The lowest BCUT2D eigenvalue weighted by molar-refractivity contribution is -0.125. The van der Waals surface area contributed by atoms with Gasteiger partial charge in [-0.3, -0.25) is 4.79 Å². The first-order valence-corrected chi connectivity index (χ1v) is 12.4. The first-order chi connectivity index (χ1) is 17.8. The summed E-state index contributed by atoms with van der Waals surface area (Å²) in [5.41, 5.74) is 8.81. The second-order valence-electron chi connectivity index (χ2n) is 8.67. The van der Waals surface area contributed by atoms with Crippen LogP contribution in [0.2, 0.25) is 10.3 Å². The molecule has 37 heavy (non-hydrogen) atoms. The number of carbonyl (C=O) groups is 1. The maximum atomic E-state index is 13.4. The van der Waals surface area contributed by atoms with Gasteiger partial charge in [-0.1, -0.05) is 30.3 Å². The van der Waals surface area contributed by atoms with Crippen molar-refractivity contribution in [2.45, 2.75) is 18.9 Å². The van der Waals surface area contributed by atoms with Crippen molar-refractivity contribution in [1.29, 1.82) is 0 Å². The largest absolute Gasteiger partial charge is 0.492 e. The molecule has 1 fully saturated rings. The summed E-state index contributed by atoms with van der Waals surface area (Å²) in [6.07, 6.45) is 2.53. The first-order valence-electron chi connectivity index (χ1n) is 11.6. The van der Waals surface area contributed by atoms with E-state index in [9.17, 15) is 9.18 Å². The second kappa shape index (κ2) is 10.4. The predicted molar refractivity (Wildman–Crippen MR) is 141 cm³/mol. The zero-order valence-corrected chi connectivity index (χ0v) is 21.2. The Kier molecular flexibility index (Phi) is 6.99. The summed E-state index contributed by atoms with van der Waals surface area (Å²) in [5.74, 6) is 0.270. The van der Waals surface area contributed by atoms with Crippen molar-refractivity contribution in [2.24, 2.45) is 0 Å². The Hall–Kier alpha value is -3.69. The molecule has 4 aromatic rings. The van der Waals surface area contributed by atoms with Crippen LogP contribution in [0.15, 0.2) is 55.1 Å². The van der Waals surface area contributed by atoms with Gasteiger partial charge in [-0.15, -0.1) is 0 Å². The van der Waals surface area contributed by atoms with Gasteiger partial charge in [0.05, 0.1) is 23.1 Å². The van der Waals surface area contributed by atoms with Crippen LogP contribution in [-0.4, -0.2) is 50.3 Å². The van der Waals surface area contributed by atoms with Crippen molar-refractivity contribution in [1.82, 2.24) is 24.6 Å². The highest BCUT2D eigenvalue weighted by molar-refractivity contribution is 6.32. The van der Waals surface area contributed by atoms with E-state index >= 15 is 0 Å². The molecule has 2 aromatic heterocycles. The number of benzene rings is 2. The van der Waals surface area contributed by atoms with Crippen LogP contribution < -0.4 is 10.5 Å². The topological polar surface area (TPSA) is 99.2 Å². The zero-order valence-electron chi connectivity index (χ0n) is 19.7. The van der Waals surface area contributed by atoms with Gasteiger partial charge < -0.3 is 15.4 Å². The number of nitrogens with zero attached hydrogens (tertiary/aromatic N) is 5. The fourth-order valence-corrected chi connectivity index (χ4v) is 4.91. The number of nitrogen functional groups attached to an aromatic ring is 1. The number of halogens is 3. The van der Waals surface area contributed by atoms with Crippen LogP contribution in [-0.2, 0) is 11.2 Å². The fraction of sp³-hybridized carbons (Fsp3) is 0.231. The van der Waals surface area contributed by atoms with Crippen LogP contribution in [0.4, 0.5) is 10.2 Å². The van der Waals surface area contributed by atoms with Crippen LogP contribution in [0.3, 0.4) is 0 Å². The first kappa shape index (κ1) is 25.0. The second-order valence-corrected chi connectivity index (χ2v) is 9.42. The zero-order chi connectivity index (χ0) is 26.1. The third kappa shape index (κ3) is 5.10. The molecule has 1 amide bonds. The number of aromatic nitrogens is 4. The number of rotatable bonds is 7. The smallest absolute Gasteiger partial charge is 0.246 e. The van der Waals surface area contributed by atoms with Gasteiger partial charge in [-0.2, -0.15) is 10.1 Å². The Balaban J connectivity index is 1.43. The molecule has 0 spiro atoms. The predicted octanol–water partition coefficient (Wildman–Crippen LogP) is 5.10. The molecular formula is C26H23Cl2FN6O2. The maximum Gasteiger partial charge on any atom is 0.246 e. The third-order valence-corrected chi connectivity index (χ3v) is 6.75. The number of nitrogens with two attached hydrogens (primary N) is 1. The lowest BCUT2D eigenvalue weighted by atomic mass is 10.1. The number of ether oxygens (including phenoxy) is 1. The highest BCUT2D eigenvalue weighted by Gasteiger charge is 2.30. The monoisotopic (exact) mass is 540 g/mol. The highest BCUT2D eigenvalue weighted by Crippen LogP contribution is 2.37. The molecule has 190 valence electrons. The molecule has 0 unspecified atom stereocenters. The Morgan fingerprint density at radius 1 is 1.24 bits per heavy atom. The maximum absolute atomic E-state index is 13.4. The van der Waals surface area contributed by atoms with E-state index in [0.29, 0.717) is 65.6 Å². The Bertz CT molecular complexity index is 1510. The summed E-state index contributed by atoms with van der Waals surface area (Å²) < 4.78 is 21.0. The van der Waals surface area contributed by atoms with Gasteiger partial charge in [0.15, 0.2) is 5.65 Å². The van der Waals surface area contributed by atoms with E-state index < -0.39 is 0 Å². The number of carbonyl (C=O) groups excluding carboxylic acids is 1. The normalized spacial score (nSPS) is 15.3. The van der Waals surface area contributed by atoms with Crippen molar-refractivity contribution in [3.63, 3.8) is 0 Å². The molecule has 2 N–H and O–H groups in total. The number of likely N-dealkylation sites (tertiary alicyclic amines) is 1. The molecular weight excluding hydrogens is 518 g/mol. The van der Waals surface area contributed by atoms with Gasteiger partial charge in [0.1, 0.15) is 23.1 Å². The molecule has 2 aromatic carbocycles. The minimum Gasteiger partial charge on any atom is -0.492 e. The SMILES string of the molecule is C=CC(=O)N1CC[C@H](n2nc(-c3ccc(OCCc4cccc(F)c4)c(Cl)c3)c3c(N)nc(Cl)nc32)C1. The molecule has 3 heterocycles. The van der Waals surface area contributed by atoms with Gasteiger partial charge in [0.2, 0.25) is 11.2 Å². The van der Waals surface area contributed by atoms with E-state index in [4.69, 9.17) is 38.8 Å². The number of hydrogen-bond acceptors (Lipinski definition) is 6. The van der Waals surface area contributed by atoms with Crippen LogP contribution in [0, 0.1) is 5.82 Å². The van der Waals surface area contributed by atoms with Crippen molar-refractivity contribution < 1.29 is 13.9 Å². The van der Waals surface area contributed by atoms with Crippen molar-refractivity contribution in [3.8, 4) is 17.0 Å². The summed E-state index contributed by atoms with van der Waals surface area (Å²) in [4.78, 5) is 22.3. The summed E-state index contributed by atoms with van der Waals surface area (Å²) >= 11 is 12.7. The van der Waals surface area contributed by atoms with E-state index in [1.165, 1.54) is 18.2 Å². The highest BCUT2D eigenvalue weighted by atomic mass is 35.5. The quantitative estimate of drug-likeness (QED) is 0.258. The van der Waals surface area contributed by atoms with Gasteiger partial charge in [0, 0.05) is 25.1 Å². The molecule has 0 radical (unpaired) electrons. The molecule has 8 nitrogen and oxygen atoms in total. The van der Waals surface area contributed by atoms with E-state index in [-0.39, 0.29) is 28.9 Å². The Morgan fingerprint density at radius 2 is 2.08 bits per heavy atom. The van der Waals surface area contributed by atoms with Gasteiger partial charge in [-0.25, -0.2) is 14.1 Å². The average Bonchev–Trinajstić information content (AvgIpc) is 3.50. The van der Waals surface area contributed by atoms with Crippen molar-refractivity contribution in [2.75, 3.05) is 25.4 Å². The van der Waals surface area contributed by atoms with Gasteiger partial charge in [0.25, 0.3) is 0 Å².